The van der Waals surface area contributed by atoms with Gasteiger partial charge in [-0.05, 0) is 61.8 Å². The second-order valence-corrected chi connectivity index (χ2v) is 6.42. The third-order valence-corrected chi connectivity index (χ3v) is 4.64. The molecule has 0 aliphatic carbocycles. The average Bonchev–Trinajstić information content (AvgIpc) is 3.20. The summed E-state index contributed by atoms with van der Waals surface area (Å²) in [6.07, 6.45) is 3.81. The Bertz CT molecular complexity index is 869. The van der Waals surface area contributed by atoms with E-state index in [9.17, 15) is 14.3 Å². The molecule has 25 heavy (non-hydrogen) atoms. The molecule has 2 aromatic carbocycles. The van der Waals surface area contributed by atoms with E-state index in [1.54, 1.807) is 18.2 Å². The molecule has 0 atom stereocenters. The quantitative estimate of drug-likeness (QED) is 0.866. The van der Waals surface area contributed by atoms with Crippen LogP contribution in [0.2, 0.25) is 0 Å². The summed E-state index contributed by atoms with van der Waals surface area (Å²) in [5, 5.41) is 10.2. The Kier molecular flexibility index (Phi) is 4.01. The largest absolute Gasteiger partial charge is 0.507 e. The minimum atomic E-state index is -0.371. The number of phenolic OH excluding ortho intramolecular Hbond substituents is 1. The maximum absolute atomic E-state index is 13.4. The number of halogens is 1. The van der Waals surface area contributed by atoms with Crippen molar-refractivity contribution in [1.29, 1.82) is 0 Å². The molecule has 1 fully saturated rings. The first kappa shape index (κ1) is 15.8. The van der Waals surface area contributed by atoms with E-state index in [2.05, 4.69) is 4.90 Å². The Balaban J connectivity index is 1.68. The number of ether oxygens (including phenoxy) is 1. The maximum Gasteiger partial charge on any atom is 0.231 e. The highest BCUT2D eigenvalue weighted by atomic mass is 19.1. The van der Waals surface area contributed by atoms with Gasteiger partial charge in [0.1, 0.15) is 17.3 Å². The standard InChI is InChI=1S/C20H18FNO3/c21-14-5-3-4-13(10-14)11-18-19(24)15-6-7-17(23)16(20(15)25-18)12-22-8-1-2-9-22/h3-7,10-11,23H,1-2,8-9,12H2/b18-11+. The minimum Gasteiger partial charge on any atom is -0.507 e. The molecule has 4 nitrogen and oxygen atoms in total. The summed E-state index contributed by atoms with van der Waals surface area (Å²) in [5.41, 5.74) is 1.63. The molecule has 0 aromatic heterocycles. The molecule has 1 N–H and O–H groups in total. The highest BCUT2D eigenvalue weighted by Crippen LogP contribution is 2.40. The smallest absolute Gasteiger partial charge is 0.231 e. The topological polar surface area (TPSA) is 49.8 Å². The van der Waals surface area contributed by atoms with Crippen LogP contribution in [-0.4, -0.2) is 28.9 Å². The van der Waals surface area contributed by atoms with Gasteiger partial charge in [0.05, 0.1) is 11.1 Å². The Morgan fingerprint density at radius 1 is 1.20 bits per heavy atom. The van der Waals surface area contributed by atoms with Crippen LogP contribution in [0.4, 0.5) is 4.39 Å². The Labute approximate surface area is 145 Å². The van der Waals surface area contributed by atoms with E-state index >= 15 is 0 Å². The van der Waals surface area contributed by atoms with Crippen LogP contribution in [-0.2, 0) is 6.54 Å². The number of phenols is 1. The summed E-state index contributed by atoms with van der Waals surface area (Å²) < 4.78 is 19.1. The number of aromatic hydroxyl groups is 1. The molecule has 5 heteroatoms. The van der Waals surface area contributed by atoms with E-state index in [0.717, 1.165) is 25.9 Å². The fourth-order valence-electron chi connectivity index (χ4n) is 3.36. The summed E-state index contributed by atoms with van der Waals surface area (Å²) >= 11 is 0. The predicted octanol–water partition coefficient (Wildman–Crippen LogP) is 3.74. The van der Waals surface area contributed by atoms with Gasteiger partial charge in [-0.3, -0.25) is 9.69 Å². The van der Waals surface area contributed by atoms with Gasteiger partial charge >= 0.3 is 0 Å². The van der Waals surface area contributed by atoms with Crippen LogP contribution in [0.5, 0.6) is 11.5 Å². The van der Waals surface area contributed by atoms with Crippen LogP contribution in [0.1, 0.15) is 34.3 Å². The summed E-state index contributed by atoms with van der Waals surface area (Å²) in [6, 6.07) is 9.09. The molecule has 0 amide bonds. The van der Waals surface area contributed by atoms with Crippen molar-refractivity contribution < 1.29 is 19.0 Å². The van der Waals surface area contributed by atoms with Crippen molar-refractivity contribution in [2.75, 3.05) is 13.1 Å². The van der Waals surface area contributed by atoms with Crippen LogP contribution in [0, 0.1) is 5.82 Å². The van der Waals surface area contributed by atoms with Gasteiger partial charge in [-0.1, -0.05) is 12.1 Å². The van der Waals surface area contributed by atoms with Gasteiger partial charge in [0.25, 0.3) is 0 Å². The van der Waals surface area contributed by atoms with E-state index in [1.807, 2.05) is 0 Å². The van der Waals surface area contributed by atoms with Gasteiger partial charge in [-0.25, -0.2) is 4.39 Å². The number of carbonyl (C=O) groups is 1. The van der Waals surface area contributed by atoms with Gasteiger partial charge in [-0.2, -0.15) is 0 Å². The molecule has 0 spiro atoms. The van der Waals surface area contributed by atoms with Crippen molar-refractivity contribution in [3.63, 3.8) is 0 Å². The first-order chi connectivity index (χ1) is 12.1. The van der Waals surface area contributed by atoms with Crippen molar-refractivity contribution in [2.45, 2.75) is 19.4 Å². The van der Waals surface area contributed by atoms with Gasteiger partial charge in [0, 0.05) is 6.54 Å². The first-order valence-corrected chi connectivity index (χ1v) is 8.39. The molecular weight excluding hydrogens is 321 g/mol. The van der Waals surface area contributed by atoms with Crippen LogP contribution in [0.25, 0.3) is 6.08 Å². The summed E-state index contributed by atoms with van der Waals surface area (Å²) in [6.45, 7) is 2.50. The maximum atomic E-state index is 13.4. The van der Waals surface area contributed by atoms with Crippen molar-refractivity contribution in [2.24, 2.45) is 0 Å². The van der Waals surface area contributed by atoms with E-state index in [1.165, 1.54) is 24.3 Å². The molecule has 2 heterocycles. The van der Waals surface area contributed by atoms with Crippen molar-refractivity contribution in [1.82, 2.24) is 4.90 Å². The van der Waals surface area contributed by atoms with Crippen LogP contribution in [0.3, 0.4) is 0 Å². The lowest BCUT2D eigenvalue weighted by Crippen LogP contribution is -2.18. The third-order valence-electron chi connectivity index (χ3n) is 4.64. The molecule has 1 saturated heterocycles. The lowest BCUT2D eigenvalue weighted by Gasteiger charge is -2.17. The average molecular weight is 339 g/mol. The molecule has 4 rings (SSSR count). The summed E-state index contributed by atoms with van der Waals surface area (Å²) in [5.74, 6) is 0.0745. The number of likely N-dealkylation sites (tertiary alicyclic amines) is 1. The lowest BCUT2D eigenvalue weighted by molar-refractivity contribution is 0.101. The fraction of sp³-hybridized carbons (Fsp3) is 0.250. The lowest BCUT2D eigenvalue weighted by atomic mass is 10.0. The number of fused-ring (bicyclic) bond motifs is 1. The second kappa shape index (κ2) is 6.33. The molecule has 0 unspecified atom stereocenters. The molecule has 0 saturated carbocycles. The predicted molar refractivity (Wildman–Crippen MR) is 92.0 cm³/mol. The van der Waals surface area contributed by atoms with E-state index in [4.69, 9.17) is 4.74 Å². The number of hydrogen-bond donors (Lipinski definition) is 1. The molecular formula is C20H18FNO3. The minimum absolute atomic E-state index is 0.130. The van der Waals surface area contributed by atoms with Gasteiger partial charge in [-0.15, -0.1) is 0 Å². The number of ketones is 1. The van der Waals surface area contributed by atoms with E-state index in [-0.39, 0.29) is 23.1 Å². The molecule has 0 radical (unpaired) electrons. The Hall–Kier alpha value is -2.66. The molecule has 0 bridgehead atoms. The van der Waals surface area contributed by atoms with Crippen molar-refractivity contribution >= 4 is 11.9 Å². The first-order valence-electron chi connectivity index (χ1n) is 8.39. The highest BCUT2D eigenvalue weighted by molar-refractivity contribution is 6.15. The monoisotopic (exact) mass is 339 g/mol. The molecule has 2 aliphatic rings. The normalized spacial score (nSPS) is 18.6. The number of nitrogens with zero attached hydrogens (tertiary/aromatic N) is 1. The Morgan fingerprint density at radius 3 is 2.76 bits per heavy atom. The highest BCUT2D eigenvalue weighted by Gasteiger charge is 2.32. The number of benzene rings is 2. The second-order valence-electron chi connectivity index (χ2n) is 6.42. The zero-order valence-corrected chi connectivity index (χ0v) is 13.7. The van der Waals surface area contributed by atoms with E-state index in [0.29, 0.717) is 29.0 Å². The number of Topliss-reactive ketones (excluding diaryl/α,β-unsaturated/α-hetero) is 1. The van der Waals surface area contributed by atoms with Crippen LogP contribution < -0.4 is 4.74 Å². The van der Waals surface area contributed by atoms with Gasteiger partial charge < -0.3 is 9.84 Å². The number of carbonyl (C=O) groups excluding carboxylic acids is 1. The third kappa shape index (κ3) is 3.03. The Morgan fingerprint density at radius 2 is 2.00 bits per heavy atom. The van der Waals surface area contributed by atoms with Crippen LogP contribution >= 0.6 is 0 Å². The molecule has 2 aromatic rings. The SMILES string of the molecule is O=C1/C(=C\c2cccc(F)c2)Oc2c1ccc(O)c2CN1CCCC1. The van der Waals surface area contributed by atoms with Gasteiger partial charge in [0.15, 0.2) is 5.76 Å². The zero-order valence-electron chi connectivity index (χ0n) is 13.7. The van der Waals surface area contributed by atoms with Crippen molar-refractivity contribution in [3.05, 3.63) is 64.7 Å². The summed E-state index contributed by atoms with van der Waals surface area (Å²) in [7, 11) is 0. The summed E-state index contributed by atoms with van der Waals surface area (Å²) in [4.78, 5) is 14.8. The zero-order chi connectivity index (χ0) is 17.4. The van der Waals surface area contributed by atoms with Crippen LogP contribution in [0.15, 0.2) is 42.2 Å². The van der Waals surface area contributed by atoms with Crippen molar-refractivity contribution in [3.8, 4) is 11.5 Å². The number of rotatable bonds is 3. The fourth-order valence-corrected chi connectivity index (χ4v) is 3.36. The molecule has 128 valence electrons. The number of hydrogen-bond acceptors (Lipinski definition) is 4. The molecule has 2 aliphatic heterocycles. The van der Waals surface area contributed by atoms with Gasteiger partial charge in [0.2, 0.25) is 5.78 Å². The van der Waals surface area contributed by atoms with E-state index < -0.39 is 0 Å². The number of allylic oxidation sites excluding steroid dienone is 1.